The van der Waals surface area contributed by atoms with Gasteiger partial charge in [-0.25, -0.2) is 0 Å². The van der Waals surface area contributed by atoms with E-state index < -0.39 is 0 Å². The van der Waals surface area contributed by atoms with Crippen LogP contribution in [0.1, 0.15) is 24.1 Å². The molecule has 0 saturated carbocycles. The summed E-state index contributed by atoms with van der Waals surface area (Å²) in [6.07, 6.45) is 4.18. The summed E-state index contributed by atoms with van der Waals surface area (Å²) in [5.41, 5.74) is 2.98. The molecule has 1 aliphatic rings. The molecule has 3 rings (SSSR count). The monoisotopic (exact) mass is 371 g/mol. The van der Waals surface area contributed by atoms with Crippen molar-refractivity contribution in [2.45, 2.75) is 32.4 Å². The van der Waals surface area contributed by atoms with Gasteiger partial charge in [-0.2, -0.15) is 0 Å². The average Bonchev–Trinajstić information content (AvgIpc) is 3.16. The molecule has 0 amide bonds. The fourth-order valence-electron chi connectivity index (χ4n) is 3.04. The van der Waals surface area contributed by atoms with Gasteiger partial charge in [0.15, 0.2) is 5.11 Å². The van der Waals surface area contributed by atoms with E-state index in [1.807, 2.05) is 43.3 Å². The van der Waals surface area contributed by atoms with Gasteiger partial charge in [-0.15, -0.1) is 0 Å². The zero-order valence-electron chi connectivity index (χ0n) is 15.3. The van der Waals surface area contributed by atoms with Crippen molar-refractivity contribution in [1.82, 2.24) is 9.88 Å². The minimum Gasteiger partial charge on any atom is -0.495 e. The van der Waals surface area contributed by atoms with E-state index in [1.165, 1.54) is 0 Å². The van der Waals surface area contributed by atoms with E-state index >= 15 is 0 Å². The van der Waals surface area contributed by atoms with Crippen LogP contribution in [0.3, 0.4) is 0 Å². The molecule has 2 heterocycles. The minimum atomic E-state index is 0.207. The first-order chi connectivity index (χ1) is 12.7. The van der Waals surface area contributed by atoms with Crippen LogP contribution in [0.4, 0.5) is 5.69 Å². The van der Waals surface area contributed by atoms with Crippen LogP contribution >= 0.6 is 12.2 Å². The molecule has 2 aromatic rings. The molecule has 1 aromatic heterocycles. The van der Waals surface area contributed by atoms with Gasteiger partial charge in [0.25, 0.3) is 0 Å². The Balaban J connectivity index is 1.75. The van der Waals surface area contributed by atoms with Gasteiger partial charge >= 0.3 is 0 Å². The van der Waals surface area contributed by atoms with E-state index in [1.54, 1.807) is 13.3 Å². The first-order valence-corrected chi connectivity index (χ1v) is 9.28. The van der Waals surface area contributed by atoms with Gasteiger partial charge < -0.3 is 19.7 Å². The highest BCUT2D eigenvalue weighted by Crippen LogP contribution is 2.26. The van der Waals surface area contributed by atoms with Crippen LogP contribution in [0.5, 0.6) is 5.75 Å². The Labute approximate surface area is 160 Å². The van der Waals surface area contributed by atoms with E-state index in [9.17, 15) is 0 Å². The van der Waals surface area contributed by atoms with Crippen molar-refractivity contribution < 1.29 is 9.47 Å². The molecule has 1 atom stereocenters. The predicted molar refractivity (Wildman–Crippen MR) is 108 cm³/mol. The van der Waals surface area contributed by atoms with E-state index in [2.05, 4.69) is 15.2 Å². The maximum atomic E-state index is 5.81. The van der Waals surface area contributed by atoms with Crippen LogP contribution in [0.25, 0.3) is 0 Å². The fourth-order valence-corrected chi connectivity index (χ4v) is 3.29. The lowest BCUT2D eigenvalue weighted by molar-refractivity contribution is 0.0903. The summed E-state index contributed by atoms with van der Waals surface area (Å²) in [5, 5.41) is 3.98. The first kappa shape index (κ1) is 18.6. The Kier molecular flexibility index (Phi) is 6.41. The van der Waals surface area contributed by atoms with Crippen molar-refractivity contribution in [3.8, 4) is 5.75 Å². The number of nitrogens with zero attached hydrogens (tertiary/aromatic N) is 2. The number of aromatic nitrogens is 1. The number of rotatable bonds is 6. The normalized spacial score (nSPS) is 16.3. The lowest BCUT2D eigenvalue weighted by atomic mass is 10.2. The second-order valence-electron chi connectivity index (χ2n) is 6.47. The van der Waals surface area contributed by atoms with Crippen LogP contribution < -0.4 is 10.1 Å². The Morgan fingerprint density at radius 2 is 2.27 bits per heavy atom. The van der Waals surface area contributed by atoms with Gasteiger partial charge in [-0.1, -0.05) is 12.1 Å². The highest BCUT2D eigenvalue weighted by atomic mass is 32.1. The Morgan fingerprint density at radius 1 is 1.38 bits per heavy atom. The van der Waals surface area contributed by atoms with Crippen LogP contribution in [0, 0.1) is 6.92 Å². The summed E-state index contributed by atoms with van der Waals surface area (Å²) in [5.74, 6) is 0.780. The molecule has 1 unspecified atom stereocenters. The topological polar surface area (TPSA) is 46.6 Å². The molecule has 1 saturated heterocycles. The zero-order valence-corrected chi connectivity index (χ0v) is 16.1. The van der Waals surface area contributed by atoms with E-state index in [0.29, 0.717) is 11.7 Å². The fraction of sp³-hybridized carbons (Fsp3) is 0.400. The number of thiocarbonyl (C=S) groups is 1. The number of nitrogens with one attached hydrogen (secondary N) is 1. The van der Waals surface area contributed by atoms with Crippen molar-refractivity contribution in [3.63, 3.8) is 0 Å². The molecule has 1 aromatic carbocycles. The minimum absolute atomic E-state index is 0.207. The van der Waals surface area contributed by atoms with Gasteiger partial charge in [0.1, 0.15) is 5.75 Å². The lowest BCUT2D eigenvalue weighted by Gasteiger charge is -2.28. The maximum absolute atomic E-state index is 5.81. The molecule has 1 N–H and O–H groups in total. The van der Waals surface area contributed by atoms with Crippen molar-refractivity contribution in [1.29, 1.82) is 0 Å². The van der Waals surface area contributed by atoms with Gasteiger partial charge in [0, 0.05) is 19.3 Å². The first-order valence-electron chi connectivity index (χ1n) is 8.88. The van der Waals surface area contributed by atoms with Crippen LogP contribution in [0.2, 0.25) is 0 Å². The summed E-state index contributed by atoms with van der Waals surface area (Å²) in [4.78, 5) is 6.55. The standard InChI is InChI=1S/C20H25N3O2S/c1-15-8-9-18(19(12-15)24-2)22-20(26)23(14-17-7-5-11-25-17)13-16-6-3-4-10-21-16/h3-4,6,8-10,12,17H,5,7,11,13-14H2,1-2H3,(H,22,26). The number of hydrogen-bond donors (Lipinski definition) is 1. The number of ether oxygens (including phenoxy) is 2. The number of hydrogen-bond acceptors (Lipinski definition) is 4. The van der Waals surface area contributed by atoms with Gasteiger partial charge in [-0.05, 0) is 61.8 Å². The molecule has 6 heteroatoms. The van der Waals surface area contributed by atoms with Gasteiger partial charge in [0.2, 0.25) is 0 Å². The SMILES string of the molecule is COc1cc(C)ccc1NC(=S)N(Cc1ccccn1)CC1CCCO1. The van der Waals surface area contributed by atoms with Gasteiger partial charge in [-0.3, -0.25) is 4.98 Å². The number of methoxy groups -OCH3 is 1. The Bertz CT molecular complexity index is 733. The van der Waals surface area contributed by atoms with Crippen LogP contribution in [0.15, 0.2) is 42.6 Å². The molecule has 1 aliphatic heterocycles. The summed E-state index contributed by atoms with van der Waals surface area (Å²) in [7, 11) is 1.67. The molecule has 0 aliphatic carbocycles. The molecule has 0 bridgehead atoms. The highest BCUT2D eigenvalue weighted by Gasteiger charge is 2.22. The molecule has 5 nitrogen and oxygen atoms in total. The molecular weight excluding hydrogens is 346 g/mol. The molecule has 0 radical (unpaired) electrons. The molecule has 1 fully saturated rings. The summed E-state index contributed by atoms with van der Waals surface area (Å²) < 4.78 is 11.3. The van der Waals surface area contributed by atoms with Crippen LogP contribution in [-0.4, -0.2) is 41.4 Å². The zero-order chi connectivity index (χ0) is 18.4. The Morgan fingerprint density at radius 3 is 2.96 bits per heavy atom. The summed E-state index contributed by atoms with van der Waals surface area (Å²) in [6.45, 7) is 4.25. The van der Waals surface area contributed by atoms with Crippen molar-refractivity contribution >= 4 is 23.0 Å². The number of anilines is 1. The van der Waals surface area contributed by atoms with Crippen LogP contribution in [-0.2, 0) is 11.3 Å². The third-order valence-electron chi connectivity index (χ3n) is 4.41. The quantitative estimate of drug-likeness (QED) is 0.780. The predicted octanol–water partition coefficient (Wildman–Crippen LogP) is 3.78. The van der Waals surface area contributed by atoms with E-state index in [4.69, 9.17) is 21.7 Å². The second kappa shape index (κ2) is 8.96. The van der Waals surface area contributed by atoms with Gasteiger partial charge in [0.05, 0.1) is 31.1 Å². The van der Waals surface area contributed by atoms with E-state index in [-0.39, 0.29) is 6.10 Å². The smallest absolute Gasteiger partial charge is 0.173 e. The number of pyridine rings is 1. The molecule has 26 heavy (non-hydrogen) atoms. The maximum Gasteiger partial charge on any atom is 0.173 e. The lowest BCUT2D eigenvalue weighted by Crippen LogP contribution is -2.39. The van der Waals surface area contributed by atoms with E-state index in [0.717, 1.165) is 48.7 Å². The van der Waals surface area contributed by atoms with Crippen molar-refractivity contribution in [3.05, 3.63) is 53.9 Å². The highest BCUT2D eigenvalue weighted by molar-refractivity contribution is 7.80. The third kappa shape index (κ3) is 4.93. The summed E-state index contributed by atoms with van der Waals surface area (Å²) in [6, 6.07) is 11.9. The Hall–Kier alpha value is -2.18. The largest absolute Gasteiger partial charge is 0.495 e. The average molecular weight is 372 g/mol. The van der Waals surface area contributed by atoms with Crippen molar-refractivity contribution in [2.75, 3.05) is 25.6 Å². The number of benzene rings is 1. The second-order valence-corrected chi connectivity index (χ2v) is 6.86. The molecule has 0 spiro atoms. The molecular formula is C20H25N3O2S. The number of aryl methyl sites for hydroxylation is 1. The molecule has 138 valence electrons. The summed E-state index contributed by atoms with van der Waals surface area (Å²) >= 11 is 5.71. The van der Waals surface area contributed by atoms with Crippen molar-refractivity contribution in [2.24, 2.45) is 0 Å². The third-order valence-corrected chi connectivity index (χ3v) is 4.77.